The third-order valence-electron chi connectivity index (χ3n) is 4.78. The molecule has 0 saturated heterocycles. The van der Waals surface area contributed by atoms with Gasteiger partial charge in [0.15, 0.2) is 17.1 Å². The Morgan fingerprint density at radius 2 is 2.13 bits per heavy atom. The van der Waals surface area contributed by atoms with Crippen molar-refractivity contribution in [3.05, 3.63) is 46.9 Å². The molecule has 1 aliphatic rings. The molecule has 0 saturated carbocycles. The lowest BCUT2D eigenvalue weighted by atomic mass is 10.1. The van der Waals surface area contributed by atoms with Gasteiger partial charge in [0.25, 0.3) is 0 Å². The molecule has 0 aliphatic carbocycles. The molecule has 0 radical (unpaired) electrons. The first-order valence-corrected chi connectivity index (χ1v) is 9.39. The van der Waals surface area contributed by atoms with E-state index < -0.39 is 11.5 Å². The van der Waals surface area contributed by atoms with Gasteiger partial charge in [0.2, 0.25) is 0 Å². The summed E-state index contributed by atoms with van der Waals surface area (Å²) in [4.78, 5) is 23.7. The van der Waals surface area contributed by atoms with E-state index in [1.165, 1.54) is 29.1 Å². The molecule has 1 aromatic carbocycles. The van der Waals surface area contributed by atoms with E-state index in [-0.39, 0.29) is 24.5 Å². The smallest absolute Gasteiger partial charge is 0.332 e. The average Bonchev–Trinajstić information content (AvgIpc) is 3.09. The number of imidazole rings is 1. The van der Waals surface area contributed by atoms with Crippen molar-refractivity contribution in [3.63, 3.8) is 0 Å². The summed E-state index contributed by atoms with van der Waals surface area (Å²) in [6, 6.07) is 4.34. The standard InChI is InChI=1S/C20H17FN4O5/c21-12-9-13-11(18-16(10-23-13)29-6-7-30-18)8-14(12)25-17-15(28-5-1-4-26)2-3-22-19(17)24-20(25)27/h2-3,8-10,26H,1,4-7H2,(H,22,24,27). The maximum Gasteiger partial charge on any atom is 0.332 e. The van der Waals surface area contributed by atoms with Gasteiger partial charge >= 0.3 is 5.69 Å². The number of pyridine rings is 2. The fraction of sp³-hybridized carbons (Fsp3) is 0.250. The number of H-pyrrole nitrogens is 1. The highest BCUT2D eigenvalue weighted by Gasteiger charge is 2.22. The number of halogens is 1. The van der Waals surface area contributed by atoms with E-state index in [2.05, 4.69) is 15.0 Å². The number of rotatable bonds is 5. The number of hydrogen-bond donors (Lipinski definition) is 2. The zero-order chi connectivity index (χ0) is 20.7. The van der Waals surface area contributed by atoms with Crippen LogP contribution in [-0.2, 0) is 0 Å². The molecule has 1 aliphatic heterocycles. The van der Waals surface area contributed by atoms with Crippen LogP contribution < -0.4 is 19.9 Å². The van der Waals surface area contributed by atoms with Gasteiger partial charge in [-0.05, 0) is 6.07 Å². The third kappa shape index (κ3) is 2.92. The number of benzene rings is 1. The Kier molecular flexibility index (Phi) is 4.47. The predicted molar refractivity (Wildman–Crippen MR) is 105 cm³/mol. The monoisotopic (exact) mass is 412 g/mol. The number of aliphatic hydroxyl groups excluding tert-OH is 1. The molecule has 0 amide bonds. The molecule has 2 N–H and O–H groups in total. The van der Waals surface area contributed by atoms with Crippen molar-refractivity contribution in [2.75, 3.05) is 26.4 Å². The van der Waals surface area contributed by atoms with Gasteiger partial charge in [-0.1, -0.05) is 0 Å². The van der Waals surface area contributed by atoms with Crippen LogP contribution in [0.1, 0.15) is 6.42 Å². The number of fused-ring (bicyclic) bond motifs is 4. The minimum Gasteiger partial charge on any atom is -0.491 e. The zero-order valence-electron chi connectivity index (χ0n) is 15.7. The summed E-state index contributed by atoms with van der Waals surface area (Å²) in [7, 11) is 0. The van der Waals surface area contributed by atoms with E-state index in [1.807, 2.05) is 0 Å². The minimum atomic E-state index is -0.639. The number of ether oxygens (including phenoxy) is 3. The topological polar surface area (TPSA) is 111 Å². The van der Waals surface area contributed by atoms with E-state index in [0.29, 0.717) is 53.3 Å². The summed E-state index contributed by atoms with van der Waals surface area (Å²) in [5.74, 6) is 0.629. The van der Waals surface area contributed by atoms with E-state index in [9.17, 15) is 4.79 Å². The normalized spacial score (nSPS) is 13.1. The van der Waals surface area contributed by atoms with Crippen LogP contribution in [0, 0.1) is 5.82 Å². The second-order valence-electron chi connectivity index (χ2n) is 6.67. The van der Waals surface area contributed by atoms with E-state index in [4.69, 9.17) is 19.3 Å². The zero-order valence-corrected chi connectivity index (χ0v) is 15.7. The molecule has 4 aromatic rings. The van der Waals surface area contributed by atoms with Crippen molar-refractivity contribution in [2.45, 2.75) is 6.42 Å². The third-order valence-corrected chi connectivity index (χ3v) is 4.78. The minimum absolute atomic E-state index is 0.00290. The van der Waals surface area contributed by atoms with Gasteiger partial charge in [0.05, 0.1) is 24.0 Å². The highest BCUT2D eigenvalue weighted by molar-refractivity contribution is 5.90. The molecule has 9 nitrogen and oxygen atoms in total. The van der Waals surface area contributed by atoms with Gasteiger partial charge < -0.3 is 19.3 Å². The Labute approximate surface area is 168 Å². The number of nitrogens with one attached hydrogen (secondary N) is 1. The molecular weight excluding hydrogens is 395 g/mol. The van der Waals surface area contributed by atoms with E-state index in [0.717, 1.165) is 0 Å². The summed E-state index contributed by atoms with van der Waals surface area (Å²) in [6.45, 7) is 0.959. The predicted octanol–water partition coefficient (Wildman–Crippen LogP) is 1.93. The lowest BCUT2D eigenvalue weighted by molar-refractivity contribution is 0.173. The van der Waals surface area contributed by atoms with Gasteiger partial charge in [-0.3, -0.25) is 14.5 Å². The first kappa shape index (κ1) is 18.4. The van der Waals surface area contributed by atoms with Crippen molar-refractivity contribution in [2.24, 2.45) is 0 Å². The Balaban J connectivity index is 1.74. The number of nitrogens with zero attached hydrogens (tertiary/aromatic N) is 3. The Hall–Kier alpha value is -3.66. The molecule has 0 fully saturated rings. The second-order valence-corrected chi connectivity index (χ2v) is 6.67. The summed E-state index contributed by atoms with van der Waals surface area (Å²) in [6.07, 6.45) is 3.39. The Morgan fingerprint density at radius 3 is 3.00 bits per heavy atom. The first-order valence-electron chi connectivity index (χ1n) is 9.39. The molecule has 0 atom stereocenters. The van der Waals surface area contributed by atoms with Crippen LogP contribution in [0.5, 0.6) is 17.2 Å². The lowest BCUT2D eigenvalue weighted by Crippen LogP contribution is -2.18. The van der Waals surface area contributed by atoms with Crippen LogP contribution in [-0.4, -0.2) is 51.1 Å². The maximum absolute atomic E-state index is 15.1. The fourth-order valence-corrected chi connectivity index (χ4v) is 3.47. The van der Waals surface area contributed by atoms with Crippen molar-refractivity contribution in [1.29, 1.82) is 0 Å². The lowest BCUT2D eigenvalue weighted by Gasteiger charge is -2.20. The summed E-state index contributed by atoms with van der Waals surface area (Å²) < 4.78 is 33.2. The molecule has 0 bridgehead atoms. The summed E-state index contributed by atoms with van der Waals surface area (Å²) in [5.41, 5.74) is 0.375. The van der Waals surface area contributed by atoms with Crippen molar-refractivity contribution < 1.29 is 23.7 Å². The molecule has 5 rings (SSSR count). The van der Waals surface area contributed by atoms with Gasteiger partial charge in [-0.25, -0.2) is 14.2 Å². The van der Waals surface area contributed by atoms with Crippen molar-refractivity contribution in [3.8, 4) is 22.9 Å². The highest BCUT2D eigenvalue weighted by Crippen LogP contribution is 2.38. The number of hydrogen-bond acceptors (Lipinski definition) is 7. The SMILES string of the molecule is O=c1[nH]c2nccc(OCCCO)c2n1-c1cc2c3c(cnc2cc1F)OCCO3. The van der Waals surface area contributed by atoms with Crippen LogP contribution in [0.3, 0.4) is 0 Å². The number of aromatic nitrogens is 4. The molecule has 30 heavy (non-hydrogen) atoms. The number of aromatic amines is 1. The largest absolute Gasteiger partial charge is 0.491 e. The first-order chi connectivity index (χ1) is 14.7. The Bertz CT molecular complexity index is 1320. The Morgan fingerprint density at radius 1 is 1.27 bits per heavy atom. The fourth-order valence-electron chi connectivity index (χ4n) is 3.47. The van der Waals surface area contributed by atoms with Crippen molar-refractivity contribution >= 4 is 22.1 Å². The summed E-state index contributed by atoms with van der Waals surface area (Å²) >= 11 is 0. The van der Waals surface area contributed by atoms with Crippen LogP contribution in [0.25, 0.3) is 27.8 Å². The average molecular weight is 412 g/mol. The van der Waals surface area contributed by atoms with Gasteiger partial charge in [-0.2, -0.15) is 0 Å². The van der Waals surface area contributed by atoms with Gasteiger partial charge in [0, 0.05) is 36.7 Å². The van der Waals surface area contributed by atoms with E-state index in [1.54, 1.807) is 6.07 Å². The molecule has 4 heterocycles. The molecule has 10 heteroatoms. The molecule has 0 spiro atoms. The van der Waals surface area contributed by atoms with Crippen molar-refractivity contribution in [1.82, 2.24) is 19.5 Å². The maximum atomic E-state index is 15.1. The second kappa shape index (κ2) is 7.30. The highest BCUT2D eigenvalue weighted by atomic mass is 19.1. The summed E-state index contributed by atoms with van der Waals surface area (Å²) in [5, 5.41) is 9.52. The number of aliphatic hydroxyl groups is 1. The molecule has 0 unspecified atom stereocenters. The molecule has 3 aromatic heterocycles. The van der Waals surface area contributed by atoms with Crippen LogP contribution in [0.15, 0.2) is 35.4 Å². The quantitative estimate of drug-likeness (QED) is 0.482. The van der Waals surface area contributed by atoms with E-state index >= 15 is 4.39 Å². The molecular formula is C20H17FN4O5. The van der Waals surface area contributed by atoms with Crippen LogP contribution >= 0.6 is 0 Å². The van der Waals surface area contributed by atoms with Gasteiger partial charge in [0.1, 0.15) is 30.3 Å². The van der Waals surface area contributed by atoms with Gasteiger partial charge in [-0.15, -0.1) is 0 Å². The molecule has 154 valence electrons. The van der Waals surface area contributed by atoms with Crippen LogP contribution in [0.2, 0.25) is 0 Å². The van der Waals surface area contributed by atoms with Crippen LogP contribution in [0.4, 0.5) is 4.39 Å².